The average Bonchev–Trinajstić information content (AvgIpc) is 2.21. The predicted molar refractivity (Wildman–Crippen MR) is 74.0 cm³/mol. The van der Waals surface area contributed by atoms with Crippen molar-refractivity contribution in [2.45, 2.75) is 40.5 Å². The van der Waals surface area contributed by atoms with Gasteiger partial charge in [0, 0.05) is 20.5 Å². The van der Waals surface area contributed by atoms with Crippen molar-refractivity contribution >= 4 is 5.91 Å². The molecule has 0 saturated carbocycles. The summed E-state index contributed by atoms with van der Waals surface area (Å²) in [5.41, 5.74) is 0. The van der Waals surface area contributed by atoms with Gasteiger partial charge in [-0.1, -0.05) is 27.7 Å². The minimum atomic E-state index is 0.219. The molecule has 0 aliphatic rings. The summed E-state index contributed by atoms with van der Waals surface area (Å²) in [5.74, 6) is 2.37. The highest BCUT2D eigenvalue weighted by Gasteiger charge is 2.16. The van der Waals surface area contributed by atoms with E-state index in [1.807, 2.05) is 14.1 Å². The van der Waals surface area contributed by atoms with E-state index in [2.05, 4.69) is 33.0 Å². The van der Waals surface area contributed by atoms with Gasteiger partial charge in [0.1, 0.15) is 0 Å². The Morgan fingerprint density at radius 2 is 1.65 bits per heavy atom. The first kappa shape index (κ1) is 16.4. The summed E-state index contributed by atoms with van der Waals surface area (Å²) in [4.78, 5) is 13.0. The molecule has 3 heteroatoms. The molecule has 3 nitrogen and oxygen atoms in total. The Morgan fingerprint density at radius 1 is 1.12 bits per heavy atom. The summed E-state index contributed by atoms with van der Waals surface area (Å²) in [6.45, 7) is 11.1. The van der Waals surface area contributed by atoms with Crippen LogP contribution in [-0.2, 0) is 4.79 Å². The minimum Gasteiger partial charge on any atom is -0.349 e. The van der Waals surface area contributed by atoms with Crippen LogP contribution in [0.1, 0.15) is 40.5 Å². The fourth-order valence-corrected chi connectivity index (χ4v) is 2.10. The molecule has 1 N–H and O–H groups in total. The van der Waals surface area contributed by atoms with E-state index >= 15 is 0 Å². The van der Waals surface area contributed by atoms with Gasteiger partial charge in [0.15, 0.2) is 0 Å². The summed E-state index contributed by atoms with van der Waals surface area (Å²) < 4.78 is 0. The van der Waals surface area contributed by atoms with Crippen molar-refractivity contribution in [1.82, 2.24) is 10.2 Å². The van der Waals surface area contributed by atoms with Crippen molar-refractivity contribution in [2.75, 3.05) is 27.2 Å². The Balaban J connectivity index is 3.66. The maximum absolute atomic E-state index is 11.4. The number of nitrogens with zero attached hydrogens (tertiary/aromatic N) is 1. The normalized spacial score (nSPS) is 11.6. The maximum atomic E-state index is 11.4. The molecule has 0 saturated heterocycles. The van der Waals surface area contributed by atoms with E-state index in [1.54, 1.807) is 4.90 Å². The number of hydrogen-bond donors (Lipinski definition) is 1. The van der Waals surface area contributed by atoms with Crippen LogP contribution in [0.4, 0.5) is 0 Å². The van der Waals surface area contributed by atoms with Crippen molar-refractivity contribution < 1.29 is 4.79 Å². The lowest BCUT2D eigenvalue weighted by molar-refractivity contribution is -0.128. The summed E-state index contributed by atoms with van der Waals surface area (Å²) >= 11 is 0. The van der Waals surface area contributed by atoms with Crippen molar-refractivity contribution in [3.63, 3.8) is 0 Å². The first-order valence-electron chi connectivity index (χ1n) is 6.77. The lowest BCUT2D eigenvalue weighted by Gasteiger charge is -2.25. The Morgan fingerprint density at radius 3 is 2.06 bits per heavy atom. The average molecular weight is 242 g/mol. The molecule has 0 fully saturated rings. The van der Waals surface area contributed by atoms with Gasteiger partial charge in [-0.2, -0.15) is 0 Å². The van der Waals surface area contributed by atoms with E-state index in [4.69, 9.17) is 0 Å². The quantitative estimate of drug-likeness (QED) is 0.663. The molecule has 0 aromatic rings. The van der Waals surface area contributed by atoms with Gasteiger partial charge in [0.25, 0.3) is 0 Å². The van der Waals surface area contributed by atoms with Crippen molar-refractivity contribution in [1.29, 1.82) is 0 Å². The van der Waals surface area contributed by atoms with Crippen molar-refractivity contribution in [2.24, 2.45) is 17.8 Å². The highest BCUT2D eigenvalue weighted by atomic mass is 16.2. The summed E-state index contributed by atoms with van der Waals surface area (Å²) in [7, 11) is 3.62. The number of carbonyl (C=O) groups is 1. The Kier molecular flexibility index (Phi) is 8.23. The van der Waals surface area contributed by atoms with Gasteiger partial charge in [-0.15, -0.1) is 0 Å². The SMILES string of the molecule is CC(C)C(CNCCCC(=O)N(C)C)C(C)C. The van der Waals surface area contributed by atoms with Crippen LogP contribution in [-0.4, -0.2) is 38.0 Å². The molecule has 0 radical (unpaired) electrons. The number of nitrogens with one attached hydrogen (secondary N) is 1. The molecule has 0 heterocycles. The molecule has 0 unspecified atom stereocenters. The maximum Gasteiger partial charge on any atom is 0.222 e. The van der Waals surface area contributed by atoms with Gasteiger partial charge in [0.2, 0.25) is 5.91 Å². The molecule has 17 heavy (non-hydrogen) atoms. The summed E-state index contributed by atoms with van der Waals surface area (Å²) in [5, 5.41) is 3.47. The van der Waals surface area contributed by atoms with Crippen LogP contribution in [0.5, 0.6) is 0 Å². The van der Waals surface area contributed by atoms with Gasteiger partial charge in [-0.05, 0) is 37.3 Å². The molecule has 1 amide bonds. The molecule has 0 aromatic carbocycles. The fraction of sp³-hybridized carbons (Fsp3) is 0.929. The molecule has 0 aliphatic heterocycles. The Hall–Kier alpha value is -0.570. The van der Waals surface area contributed by atoms with Crippen LogP contribution >= 0.6 is 0 Å². The Bertz CT molecular complexity index is 204. The van der Waals surface area contributed by atoms with Gasteiger partial charge in [0.05, 0.1) is 0 Å². The zero-order chi connectivity index (χ0) is 13.4. The zero-order valence-corrected chi connectivity index (χ0v) is 12.4. The lowest BCUT2D eigenvalue weighted by Crippen LogP contribution is -2.31. The third-order valence-electron chi connectivity index (χ3n) is 3.34. The topological polar surface area (TPSA) is 32.3 Å². The van der Waals surface area contributed by atoms with Gasteiger partial charge >= 0.3 is 0 Å². The molecule has 0 aliphatic carbocycles. The van der Waals surface area contributed by atoms with E-state index in [1.165, 1.54) is 0 Å². The third kappa shape index (κ3) is 7.37. The summed E-state index contributed by atoms with van der Waals surface area (Å²) in [6.07, 6.45) is 1.58. The molecule has 102 valence electrons. The van der Waals surface area contributed by atoms with Crippen molar-refractivity contribution in [3.8, 4) is 0 Å². The molecular formula is C14H30N2O. The van der Waals surface area contributed by atoms with E-state index in [0.29, 0.717) is 18.3 Å². The monoisotopic (exact) mass is 242 g/mol. The van der Waals surface area contributed by atoms with Gasteiger partial charge in [-0.3, -0.25) is 4.79 Å². The van der Waals surface area contributed by atoms with Crippen LogP contribution in [0.15, 0.2) is 0 Å². The second-order valence-corrected chi connectivity index (χ2v) is 5.75. The van der Waals surface area contributed by atoms with E-state index in [0.717, 1.165) is 25.4 Å². The smallest absolute Gasteiger partial charge is 0.222 e. The number of rotatable bonds is 8. The standard InChI is InChI=1S/C14H30N2O/c1-11(2)13(12(3)4)10-15-9-7-8-14(17)16(5)6/h11-13,15H,7-10H2,1-6H3. The number of hydrogen-bond acceptors (Lipinski definition) is 2. The predicted octanol–water partition coefficient (Wildman–Crippen LogP) is 2.37. The zero-order valence-electron chi connectivity index (χ0n) is 12.4. The van der Waals surface area contributed by atoms with Crippen LogP contribution in [0, 0.1) is 17.8 Å². The van der Waals surface area contributed by atoms with Gasteiger partial charge < -0.3 is 10.2 Å². The highest BCUT2D eigenvalue weighted by molar-refractivity contribution is 5.75. The van der Waals surface area contributed by atoms with E-state index in [9.17, 15) is 4.79 Å². The van der Waals surface area contributed by atoms with Gasteiger partial charge in [-0.25, -0.2) is 0 Å². The number of amides is 1. The fourth-order valence-electron chi connectivity index (χ4n) is 2.10. The minimum absolute atomic E-state index is 0.219. The second kappa shape index (κ2) is 8.51. The molecule has 0 rings (SSSR count). The third-order valence-corrected chi connectivity index (χ3v) is 3.34. The molecule has 0 atom stereocenters. The van der Waals surface area contributed by atoms with Crippen LogP contribution in [0.2, 0.25) is 0 Å². The van der Waals surface area contributed by atoms with Crippen LogP contribution < -0.4 is 5.32 Å². The van der Waals surface area contributed by atoms with E-state index < -0.39 is 0 Å². The molecule has 0 spiro atoms. The number of carbonyl (C=O) groups excluding carboxylic acids is 1. The second-order valence-electron chi connectivity index (χ2n) is 5.75. The molecular weight excluding hydrogens is 212 g/mol. The van der Waals surface area contributed by atoms with E-state index in [-0.39, 0.29) is 5.91 Å². The largest absolute Gasteiger partial charge is 0.349 e. The summed E-state index contributed by atoms with van der Waals surface area (Å²) in [6, 6.07) is 0. The molecule has 0 bridgehead atoms. The van der Waals surface area contributed by atoms with Crippen LogP contribution in [0.25, 0.3) is 0 Å². The Labute approximate surface area is 107 Å². The van der Waals surface area contributed by atoms with Crippen LogP contribution in [0.3, 0.4) is 0 Å². The van der Waals surface area contributed by atoms with Crippen molar-refractivity contribution in [3.05, 3.63) is 0 Å². The highest BCUT2D eigenvalue weighted by Crippen LogP contribution is 2.19. The first-order valence-corrected chi connectivity index (χ1v) is 6.77. The first-order chi connectivity index (χ1) is 7.86. The molecule has 0 aromatic heterocycles. The lowest BCUT2D eigenvalue weighted by atomic mass is 9.85.